The van der Waals surface area contributed by atoms with Crippen LogP contribution in [0.3, 0.4) is 0 Å². The molecule has 9 nitrogen and oxygen atoms in total. The zero-order chi connectivity index (χ0) is 20.8. The molecule has 1 aliphatic rings. The van der Waals surface area contributed by atoms with Crippen LogP contribution in [0.25, 0.3) is 22.3 Å². The molecular weight excluding hydrogens is 426 g/mol. The fourth-order valence-electron chi connectivity index (χ4n) is 3.50. The van der Waals surface area contributed by atoms with Crippen LogP contribution >= 0.6 is 23.1 Å². The molecule has 0 spiro atoms. The Morgan fingerprint density at radius 1 is 1.30 bits per heavy atom. The van der Waals surface area contributed by atoms with Gasteiger partial charge in [0.1, 0.15) is 5.69 Å². The molecular formula is C19H16ClN7O2S. The number of nitrogens with one attached hydrogen (secondary N) is 2. The molecule has 4 aromatic rings. The Morgan fingerprint density at radius 3 is 2.97 bits per heavy atom. The van der Waals surface area contributed by atoms with E-state index in [1.807, 2.05) is 12.1 Å². The van der Waals surface area contributed by atoms with Gasteiger partial charge in [-0.1, -0.05) is 11.6 Å². The number of carbonyl (C=O) groups excluding carboxylic acids is 1. The van der Waals surface area contributed by atoms with Crippen molar-refractivity contribution in [3.8, 4) is 11.4 Å². The summed E-state index contributed by atoms with van der Waals surface area (Å²) in [5.41, 5.74) is 2.33. The maximum Gasteiger partial charge on any atom is 0.274 e. The minimum atomic E-state index is -0.220. The van der Waals surface area contributed by atoms with E-state index in [0.29, 0.717) is 45.9 Å². The van der Waals surface area contributed by atoms with Gasteiger partial charge in [-0.2, -0.15) is 14.5 Å². The minimum Gasteiger partial charge on any atom is -0.329 e. The van der Waals surface area contributed by atoms with E-state index in [4.69, 9.17) is 11.6 Å². The Morgan fingerprint density at radius 2 is 2.17 bits per heavy atom. The summed E-state index contributed by atoms with van der Waals surface area (Å²) in [6.07, 6.45) is 4.54. The fourth-order valence-corrected chi connectivity index (χ4v) is 4.36. The van der Waals surface area contributed by atoms with Crippen LogP contribution in [0, 0.1) is 0 Å². The molecule has 3 aromatic heterocycles. The lowest BCUT2D eigenvalue weighted by Gasteiger charge is -2.16. The number of anilines is 3. The molecule has 1 aromatic carbocycles. The molecule has 0 bridgehead atoms. The maximum absolute atomic E-state index is 12.5. The summed E-state index contributed by atoms with van der Waals surface area (Å²) < 4.78 is 5.86. The first-order valence-electron chi connectivity index (χ1n) is 9.25. The van der Waals surface area contributed by atoms with Crippen molar-refractivity contribution >= 4 is 56.4 Å². The Balaban J connectivity index is 1.48. The smallest absolute Gasteiger partial charge is 0.274 e. The summed E-state index contributed by atoms with van der Waals surface area (Å²) in [4.78, 5) is 30.7. The standard InChI is InChI=1S/C19H16ClN7O2S/c1-26-9-10(7-14(18(26)29)27-6-2-3-15(27)28)17-23-19(30-25-17)22-13-5-4-12-11(16(13)20)8-21-24-12/h4-5,7-9H,2-3,6H2,1H3,(H,21,24)(H,22,23,25). The summed E-state index contributed by atoms with van der Waals surface area (Å²) >= 11 is 7.64. The van der Waals surface area contributed by atoms with Gasteiger partial charge >= 0.3 is 0 Å². The van der Waals surface area contributed by atoms with Gasteiger partial charge < -0.3 is 14.8 Å². The molecule has 1 fully saturated rings. The molecule has 0 radical (unpaired) electrons. The molecule has 11 heteroatoms. The number of hydrogen-bond acceptors (Lipinski definition) is 7. The number of amides is 1. The highest BCUT2D eigenvalue weighted by molar-refractivity contribution is 7.10. The molecule has 1 amide bonds. The lowest BCUT2D eigenvalue weighted by molar-refractivity contribution is -0.117. The number of aryl methyl sites for hydroxylation is 1. The normalized spacial score (nSPS) is 14.1. The van der Waals surface area contributed by atoms with Crippen molar-refractivity contribution in [2.24, 2.45) is 7.05 Å². The molecule has 0 unspecified atom stereocenters. The van der Waals surface area contributed by atoms with E-state index in [0.717, 1.165) is 17.3 Å². The second-order valence-corrected chi connectivity index (χ2v) is 8.12. The first-order chi connectivity index (χ1) is 14.5. The van der Waals surface area contributed by atoms with Gasteiger partial charge in [-0.15, -0.1) is 0 Å². The SMILES string of the molecule is Cn1cc(-c2nsc(Nc3ccc4[nH]ncc4c3Cl)n2)cc(N2CCCC2=O)c1=O. The average molecular weight is 442 g/mol. The van der Waals surface area contributed by atoms with E-state index in [9.17, 15) is 9.59 Å². The van der Waals surface area contributed by atoms with Gasteiger partial charge in [0.2, 0.25) is 11.0 Å². The number of halogens is 1. The van der Waals surface area contributed by atoms with Crippen LogP contribution in [0.15, 0.2) is 35.4 Å². The second-order valence-electron chi connectivity index (χ2n) is 6.99. The first kappa shape index (κ1) is 18.8. The fraction of sp³-hybridized carbons (Fsp3) is 0.211. The van der Waals surface area contributed by atoms with E-state index in [-0.39, 0.29) is 11.5 Å². The van der Waals surface area contributed by atoms with Gasteiger partial charge in [0, 0.05) is 48.7 Å². The number of pyridine rings is 1. The van der Waals surface area contributed by atoms with Crippen molar-refractivity contribution in [3.05, 3.63) is 46.0 Å². The van der Waals surface area contributed by atoms with Gasteiger partial charge in [0.25, 0.3) is 5.56 Å². The van der Waals surface area contributed by atoms with E-state index >= 15 is 0 Å². The van der Waals surface area contributed by atoms with E-state index in [1.165, 1.54) is 21.0 Å². The third-order valence-electron chi connectivity index (χ3n) is 5.01. The van der Waals surface area contributed by atoms with Crippen LogP contribution in [0.1, 0.15) is 12.8 Å². The number of hydrogen-bond donors (Lipinski definition) is 2. The monoisotopic (exact) mass is 441 g/mol. The molecule has 1 aliphatic heterocycles. The average Bonchev–Trinajstić information content (AvgIpc) is 3.47. The molecule has 30 heavy (non-hydrogen) atoms. The summed E-state index contributed by atoms with van der Waals surface area (Å²) in [7, 11) is 1.65. The molecule has 4 heterocycles. The van der Waals surface area contributed by atoms with Gasteiger partial charge in [-0.3, -0.25) is 14.7 Å². The number of carbonyl (C=O) groups is 1. The van der Waals surface area contributed by atoms with Crippen molar-refractivity contribution in [2.75, 3.05) is 16.8 Å². The number of fused-ring (bicyclic) bond motifs is 1. The van der Waals surface area contributed by atoms with Crippen molar-refractivity contribution < 1.29 is 4.79 Å². The van der Waals surface area contributed by atoms with Gasteiger partial charge in [-0.05, 0) is 24.6 Å². The van der Waals surface area contributed by atoms with Crippen molar-refractivity contribution in [2.45, 2.75) is 12.8 Å². The molecule has 0 aliphatic carbocycles. The predicted molar refractivity (Wildman–Crippen MR) is 117 cm³/mol. The third kappa shape index (κ3) is 3.14. The summed E-state index contributed by atoms with van der Waals surface area (Å²) in [6.45, 7) is 0.545. The number of aromatic amines is 1. The quantitative estimate of drug-likeness (QED) is 0.503. The van der Waals surface area contributed by atoms with E-state index in [1.54, 1.807) is 25.5 Å². The molecule has 5 rings (SSSR count). The number of aromatic nitrogens is 5. The van der Waals surface area contributed by atoms with Crippen molar-refractivity contribution in [1.82, 2.24) is 24.1 Å². The number of H-pyrrole nitrogens is 1. The Hall–Kier alpha value is -3.24. The predicted octanol–water partition coefficient (Wildman–Crippen LogP) is 3.30. The highest BCUT2D eigenvalue weighted by atomic mass is 35.5. The Labute approximate surface area is 179 Å². The summed E-state index contributed by atoms with van der Waals surface area (Å²) in [5.74, 6) is 0.425. The van der Waals surface area contributed by atoms with Crippen LogP contribution in [-0.2, 0) is 11.8 Å². The zero-order valence-corrected chi connectivity index (χ0v) is 17.4. The lowest BCUT2D eigenvalue weighted by atomic mass is 10.2. The number of rotatable bonds is 4. The molecule has 1 saturated heterocycles. The van der Waals surface area contributed by atoms with Crippen LogP contribution in [0.4, 0.5) is 16.5 Å². The number of benzene rings is 1. The van der Waals surface area contributed by atoms with Crippen LogP contribution < -0.4 is 15.8 Å². The van der Waals surface area contributed by atoms with Gasteiger partial charge in [-0.25, -0.2) is 0 Å². The first-order valence-corrected chi connectivity index (χ1v) is 10.4. The Bertz CT molecular complexity index is 1340. The van der Waals surface area contributed by atoms with Crippen LogP contribution in [-0.4, -0.2) is 36.6 Å². The van der Waals surface area contributed by atoms with Crippen LogP contribution in [0.2, 0.25) is 5.02 Å². The molecule has 0 atom stereocenters. The Kier molecular flexibility index (Phi) is 4.52. The van der Waals surface area contributed by atoms with Gasteiger partial charge in [0.05, 0.1) is 22.4 Å². The summed E-state index contributed by atoms with van der Waals surface area (Å²) in [5, 5.41) is 12.0. The number of nitrogens with zero attached hydrogens (tertiary/aromatic N) is 5. The highest BCUT2D eigenvalue weighted by Gasteiger charge is 2.25. The van der Waals surface area contributed by atoms with E-state index < -0.39 is 0 Å². The molecule has 2 N–H and O–H groups in total. The largest absolute Gasteiger partial charge is 0.329 e. The van der Waals surface area contributed by atoms with Crippen LogP contribution in [0.5, 0.6) is 0 Å². The van der Waals surface area contributed by atoms with Gasteiger partial charge in [0.15, 0.2) is 5.82 Å². The lowest BCUT2D eigenvalue weighted by Crippen LogP contribution is -2.32. The third-order valence-corrected chi connectivity index (χ3v) is 6.05. The van der Waals surface area contributed by atoms with Crippen molar-refractivity contribution in [3.63, 3.8) is 0 Å². The summed E-state index contributed by atoms with van der Waals surface area (Å²) in [6, 6.07) is 5.40. The van der Waals surface area contributed by atoms with E-state index in [2.05, 4.69) is 24.9 Å². The molecule has 152 valence electrons. The minimum absolute atomic E-state index is 0.0397. The zero-order valence-electron chi connectivity index (χ0n) is 15.8. The molecule has 0 saturated carbocycles. The second kappa shape index (κ2) is 7.22. The topological polar surface area (TPSA) is 109 Å². The van der Waals surface area contributed by atoms with Crippen molar-refractivity contribution in [1.29, 1.82) is 0 Å². The maximum atomic E-state index is 12.5. The highest BCUT2D eigenvalue weighted by Crippen LogP contribution is 2.33.